The van der Waals surface area contributed by atoms with Crippen LogP contribution >= 0.6 is 0 Å². The van der Waals surface area contributed by atoms with Crippen LogP contribution in [0.25, 0.3) is 0 Å². The van der Waals surface area contributed by atoms with Crippen molar-refractivity contribution in [2.75, 3.05) is 13.2 Å². The maximum atomic E-state index is 8.92. The fraction of sp³-hybridized carbons (Fsp3) is 0.818. The van der Waals surface area contributed by atoms with E-state index < -0.39 is 8.07 Å². The van der Waals surface area contributed by atoms with E-state index >= 15 is 0 Å². The molecule has 0 unspecified atom stereocenters. The summed E-state index contributed by atoms with van der Waals surface area (Å²) in [6.07, 6.45) is 21.5. The van der Waals surface area contributed by atoms with Crippen molar-refractivity contribution in [2.24, 2.45) is 23.7 Å². The van der Waals surface area contributed by atoms with Gasteiger partial charge in [0.25, 0.3) is 0 Å². The van der Waals surface area contributed by atoms with Crippen LogP contribution in [0.4, 0.5) is 0 Å². The number of hydrogen-bond acceptors (Lipinski definition) is 2. The molecule has 36 heavy (non-hydrogen) atoms. The molecule has 2 nitrogen and oxygen atoms in total. The van der Waals surface area contributed by atoms with Crippen LogP contribution in [0, 0.1) is 23.7 Å². The lowest BCUT2D eigenvalue weighted by Gasteiger charge is -2.43. The molecule has 1 N–H and O–H groups in total. The minimum Gasteiger partial charge on any atom is -0.494 e. The van der Waals surface area contributed by atoms with E-state index in [0.717, 1.165) is 40.9 Å². The smallest absolute Gasteiger partial charge is 0.119 e. The number of aliphatic hydroxyl groups excluding tert-OH is 1. The second kappa shape index (κ2) is 13.8. The second-order valence-electron chi connectivity index (χ2n) is 13.5. The Labute approximate surface area is 224 Å². The lowest BCUT2D eigenvalue weighted by Crippen LogP contribution is -2.36. The normalized spacial score (nSPS) is 31.8. The molecule has 1 aromatic rings. The molecule has 0 amide bonds. The van der Waals surface area contributed by atoms with Crippen LogP contribution in [0.2, 0.25) is 24.7 Å². The summed E-state index contributed by atoms with van der Waals surface area (Å²) < 4.78 is 5.71. The van der Waals surface area contributed by atoms with Gasteiger partial charge in [0.1, 0.15) is 5.75 Å². The Kier molecular flexibility index (Phi) is 10.8. The van der Waals surface area contributed by atoms with Gasteiger partial charge in [0.15, 0.2) is 0 Å². The third-order valence-corrected chi connectivity index (χ3v) is 15.3. The van der Waals surface area contributed by atoms with Gasteiger partial charge in [-0.05, 0) is 104 Å². The molecule has 0 aliphatic heterocycles. The molecule has 0 atom stereocenters. The molecule has 0 spiro atoms. The van der Waals surface area contributed by atoms with Crippen LogP contribution in [0.15, 0.2) is 24.3 Å². The summed E-state index contributed by atoms with van der Waals surface area (Å²) in [5.41, 5.74) is 2.62. The first kappa shape index (κ1) is 28.2. The van der Waals surface area contributed by atoms with Gasteiger partial charge < -0.3 is 9.84 Å². The van der Waals surface area contributed by atoms with E-state index in [1.807, 2.05) is 0 Å². The van der Waals surface area contributed by atoms with Crippen LogP contribution in [0.3, 0.4) is 0 Å². The lowest BCUT2D eigenvalue weighted by molar-refractivity contribution is 0.119. The molecule has 0 aromatic heterocycles. The van der Waals surface area contributed by atoms with Crippen molar-refractivity contribution in [3.05, 3.63) is 29.8 Å². The molecule has 1 aromatic carbocycles. The van der Waals surface area contributed by atoms with E-state index in [4.69, 9.17) is 9.84 Å². The van der Waals surface area contributed by atoms with Gasteiger partial charge in [0.05, 0.1) is 14.7 Å². The molecular weight excluding hydrogens is 456 g/mol. The summed E-state index contributed by atoms with van der Waals surface area (Å²) in [4.78, 5) is 0. The van der Waals surface area contributed by atoms with Crippen molar-refractivity contribution in [1.82, 2.24) is 0 Å². The number of ether oxygens (including phenoxy) is 1. The summed E-state index contributed by atoms with van der Waals surface area (Å²) in [5, 5.41) is 8.92. The fourth-order valence-electron chi connectivity index (χ4n) is 8.31. The zero-order valence-corrected chi connectivity index (χ0v) is 24.9. The van der Waals surface area contributed by atoms with Crippen molar-refractivity contribution in [2.45, 2.75) is 134 Å². The van der Waals surface area contributed by atoms with E-state index in [1.54, 1.807) is 31.7 Å². The monoisotopic (exact) mass is 512 g/mol. The third-order valence-electron chi connectivity index (χ3n) is 10.9. The molecule has 3 aliphatic carbocycles. The van der Waals surface area contributed by atoms with E-state index in [0.29, 0.717) is 13.0 Å². The minimum atomic E-state index is -0.991. The van der Waals surface area contributed by atoms with E-state index in [2.05, 4.69) is 44.3 Å². The van der Waals surface area contributed by atoms with Crippen LogP contribution in [-0.2, 0) is 0 Å². The Morgan fingerprint density at radius 3 is 1.72 bits per heavy atom. The molecule has 0 radical (unpaired) electrons. The van der Waals surface area contributed by atoms with Crippen molar-refractivity contribution < 1.29 is 9.84 Å². The highest BCUT2D eigenvalue weighted by Crippen LogP contribution is 2.49. The molecule has 3 heteroatoms. The number of unbranched alkanes of at least 4 members (excludes halogenated alkanes) is 1. The van der Waals surface area contributed by atoms with E-state index in [9.17, 15) is 0 Å². The first-order chi connectivity index (χ1) is 17.5. The molecule has 4 rings (SSSR count). The van der Waals surface area contributed by atoms with Crippen molar-refractivity contribution in [1.29, 1.82) is 0 Å². The van der Waals surface area contributed by atoms with Crippen LogP contribution in [0.1, 0.15) is 115 Å². The van der Waals surface area contributed by atoms with Crippen molar-refractivity contribution in [3.8, 4) is 5.75 Å². The highest BCUT2D eigenvalue weighted by molar-refractivity contribution is 6.78. The first-order valence-electron chi connectivity index (χ1n) is 15.8. The topological polar surface area (TPSA) is 29.5 Å². The Hall–Kier alpha value is -0.803. The zero-order chi connectivity index (χ0) is 25.4. The molecule has 0 saturated heterocycles. The van der Waals surface area contributed by atoms with Crippen LogP contribution in [0.5, 0.6) is 5.75 Å². The number of rotatable bonds is 11. The summed E-state index contributed by atoms with van der Waals surface area (Å²) in [6.45, 7) is 8.54. The highest BCUT2D eigenvalue weighted by atomic mass is 28.3. The van der Waals surface area contributed by atoms with Gasteiger partial charge in [-0.1, -0.05) is 76.7 Å². The molecule has 0 heterocycles. The van der Waals surface area contributed by atoms with Gasteiger partial charge in [0.2, 0.25) is 0 Å². The Balaban J connectivity index is 1.15. The predicted molar refractivity (Wildman–Crippen MR) is 157 cm³/mol. The summed E-state index contributed by atoms with van der Waals surface area (Å²) >= 11 is 0. The standard InChI is InChI=1S/C33H56O2Si/c1-4-5-25-36(2,3)33-21-17-31(18-22-33)29-13-9-27(10-14-29)26-7-11-28(12-8-26)30-15-19-32(20-16-30)35-24-6-23-34/h15-16,19-20,26-29,31,33-34H,4-14,17-18,21-25H2,1-3H3. The van der Waals surface area contributed by atoms with Gasteiger partial charge in [-0.25, -0.2) is 0 Å². The molecule has 3 fully saturated rings. The number of aliphatic hydroxyl groups is 1. The Morgan fingerprint density at radius 1 is 0.722 bits per heavy atom. The SMILES string of the molecule is CCCC[Si](C)(C)C1CCC(C2CCC(C3CCC(c4ccc(OCCCO)cc4)CC3)CC2)CC1. The van der Waals surface area contributed by atoms with Gasteiger partial charge in [-0.3, -0.25) is 0 Å². The fourth-order valence-corrected chi connectivity index (χ4v) is 11.9. The molecule has 0 bridgehead atoms. The first-order valence-corrected chi connectivity index (χ1v) is 19.1. The maximum Gasteiger partial charge on any atom is 0.119 e. The molecular formula is C33H56O2Si. The Bertz CT molecular complexity index is 735. The van der Waals surface area contributed by atoms with Crippen LogP contribution in [-0.4, -0.2) is 26.4 Å². The van der Waals surface area contributed by atoms with Gasteiger partial charge in [-0.15, -0.1) is 0 Å². The van der Waals surface area contributed by atoms with Crippen LogP contribution < -0.4 is 4.74 Å². The van der Waals surface area contributed by atoms with E-state index in [1.165, 1.54) is 69.8 Å². The molecule has 3 saturated carbocycles. The van der Waals surface area contributed by atoms with Gasteiger partial charge in [-0.2, -0.15) is 0 Å². The third kappa shape index (κ3) is 7.62. The minimum absolute atomic E-state index is 0.197. The molecule has 3 aliphatic rings. The summed E-state index contributed by atoms with van der Waals surface area (Å²) in [6, 6.07) is 10.4. The number of hydrogen-bond donors (Lipinski definition) is 1. The zero-order valence-electron chi connectivity index (χ0n) is 23.9. The quantitative estimate of drug-likeness (QED) is 0.236. The summed E-state index contributed by atoms with van der Waals surface area (Å²) in [5.74, 6) is 5.80. The average Bonchev–Trinajstić information content (AvgIpc) is 2.93. The average molecular weight is 513 g/mol. The maximum absolute atomic E-state index is 8.92. The highest BCUT2D eigenvalue weighted by Gasteiger charge is 2.38. The summed E-state index contributed by atoms with van der Waals surface area (Å²) in [7, 11) is -0.991. The van der Waals surface area contributed by atoms with Gasteiger partial charge >= 0.3 is 0 Å². The second-order valence-corrected chi connectivity index (χ2v) is 18.8. The van der Waals surface area contributed by atoms with Crippen molar-refractivity contribution in [3.63, 3.8) is 0 Å². The van der Waals surface area contributed by atoms with E-state index in [-0.39, 0.29) is 6.61 Å². The predicted octanol–water partition coefficient (Wildman–Crippen LogP) is 9.60. The lowest BCUT2D eigenvalue weighted by atomic mass is 9.65. The van der Waals surface area contributed by atoms with Gasteiger partial charge in [0, 0.05) is 13.0 Å². The Morgan fingerprint density at radius 2 is 1.22 bits per heavy atom. The molecule has 204 valence electrons. The van der Waals surface area contributed by atoms with Crippen molar-refractivity contribution >= 4 is 8.07 Å². The number of benzene rings is 1. The largest absolute Gasteiger partial charge is 0.494 e.